The Kier molecular flexibility index (Phi) is 4.74. The average Bonchev–Trinajstić information content (AvgIpc) is 3.32. The summed E-state index contributed by atoms with van der Waals surface area (Å²) in [5.41, 5.74) is 0.0658. The molecule has 140 valence electrons. The van der Waals surface area contributed by atoms with Gasteiger partial charge in [0.15, 0.2) is 0 Å². The topological polar surface area (TPSA) is 84.0 Å². The number of ether oxygens (including phenoxy) is 1. The number of benzene rings is 1. The first-order valence-electron chi connectivity index (χ1n) is 8.72. The average molecular weight is 387 g/mol. The zero-order chi connectivity index (χ0) is 18.9. The van der Waals surface area contributed by atoms with Crippen LogP contribution in [-0.2, 0) is 16.7 Å². The predicted molar refractivity (Wildman–Crippen MR) is 97.9 cm³/mol. The first kappa shape index (κ1) is 17.8. The Bertz CT molecular complexity index is 876. The number of carbonyl (C=O) groups is 1. The summed E-state index contributed by atoms with van der Waals surface area (Å²) in [6.07, 6.45) is 3.61. The minimum Gasteiger partial charge on any atom is -0.442 e. The number of thioether (sulfide) groups is 1. The lowest BCUT2D eigenvalue weighted by molar-refractivity contribution is 0.129. The van der Waals surface area contributed by atoms with Crippen LogP contribution < -0.4 is 4.90 Å². The van der Waals surface area contributed by atoms with Crippen LogP contribution >= 0.6 is 11.8 Å². The van der Waals surface area contributed by atoms with Gasteiger partial charge in [-0.05, 0) is 36.5 Å². The van der Waals surface area contributed by atoms with Gasteiger partial charge in [-0.25, -0.2) is 13.9 Å². The second kappa shape index (κ2) is 7.19. The number of anilines is 1. The molecular weight excluding hydrogens is 369 g/mol. The van der Waals surface area contributed by atoms with E-state index in [0.717, 1.165) is 11.5 Å². The molecule has 7 nitrogen and oxygen atoms in total. The summed E-state index contributed by atoms with van der Waals surface area (Å²) in [4.78, 5) is 13.6. The maximum Gasteiger partial charge on any atom is 0.414 e. The van der Waals surface area contributed by atoms with E-state index in [1.54, 1.807) is 41.0 Å². The van der Waals surface area contributed by atoms with Crippen molar-refractivity contribution in [3.8, 4) is 6.07 Å². The molecule has 0 N–H and O–H groups in total. The van der Waals surface area contributed by atoms with Gasteiger partial charge in [0, 0.05) is 11.8 Å². The quantitative estimate of drug-likeness (QED) is 0.802. The zero-order valence-electron chi connectivity index (χ0n) is 14.5. The molecule has 3 heterocycles. The second-order valence-electron chi connectivity index (χ2n) is 6.71. The molecule has 1 aromatic heterocycles. The van der Waals surface area contributed by atoms with Crippen molar-refractivity contribution in [1.29, 1.82) is 5.26 Å². The number of amides is 1. The highest BCUT2D eigenvalue weighted by atomic mass is 32.2. The van der Waals surface area contributed by atoms with E-state index in [2.05, 4.69) is 16.4 Å². The number of rotatable bonds is 4. The fourth-order valence-electron chi connectivity index (χ4n) is 3.59. The molecule has 0 saturated carbocycles. The fourth-order valence-corrected chi connectivity index (χ4v) is 4.78. The van der Waals surface area contributed by atoms with Gasteiger partial charge in [0.2, 0.25) is 0 Å². The van der Waals surface area contributed by atoms with Crippen LogP contribution in [0.3, 0.4) is 0 Å². The summed E-state index contributed by atoms with van der Waals surface area (Å²) in [7, 11) is 0. The highest BCUT2D eigenvalue weighted by Gasteiger charge is 2.38. The number of hydrogen-bond acceptors (Lipinski definition) is 6. The van der Waals surface area contributed by atoms with Crippen molar-refractivity contribution in [1.82, 2.24) is 15.0 Å². The van der Waals surface area contributed by atoms with Gasteiger partial charge in [0.05, 0.1) is 36.5 Å². The number of cyclic esters (lactones) is 1. The number of nitrogens with zero attached hydrogens (tertiary/aromatic N) is 5. The number of hydrogen-bond donors (Lipinski definition) is 0. The molecule has 27 heavy (non-hydrogen) atoms. The van der Waals surface area contributed by atoms with Crippen molar-refractivity contribution >= 4 is 23.5 Å². The molecule has 0 unspecified atom stereocenters. The fraction of sp³-hybridized carbons (Fsp3) is 0.444. The minimum absolute atomic E-state index is 0.303. The van der Waals surface area contributed by atoms with Crippen LogP contribution in [0, 0.1) is 17.1 Å². The molecule has 2 fully saturated rings. The molecule has 2 aromatic rings. The van der Waals surface area contributed by atoms with E-state index >= 15 is 0 Å². The smallest absolute Gasteiger partial charge is 0.414 e. The van der Waals surface area contributed by atoms with Gasteiger partial charge in [-0.3, -0.25) is 4.90 Å². The molecule has 1 atom stereocenters. The van der Waals surface area contributed by atoms with E-state index in [9.17, 15) is 14.4 Å². The summed E-state index contributed by atoms with van der Waals surface area (Å²) < 4.78 is 21.8. The monoisotopic (exact) mass is 387 g/mol. The van der Waals surface area contributed by atoms with Crippen LogP contribution in [0.1, 0.15) is 18.4 Å². The molecular formula is C18H18FN5O2S. The summed E-state index contributed by atoms with van der Waals surface area (Å²) >= 11 is 1.78. The first-order chi connectivity index (χ1) is 13.1. The molecule has 2 aliphatic heterocycles. The maximum absolute atomic E-state index is 14.9. The Morgan fingerprint density at radius 2 is 2.22 bits per heavy atom. The molecule has 4 rings (SSSR count). The van der Waals surface area contributed by atoms with Gasteiger partial charge in [0.25, 0.3) is 0 Å². The molecule has 0 aliphatic carbocycles. The van der Waals surface area contributed by atoms with Gasteiger partial charge in [-0.1, -0.05) is 11.3 Å². The van der Waals surface area contributed by atoms with Crippen LogP contribution in [0.15, 0.2) is 30.6 Å². The molecule has 0 spiro atoms. The molecule has 0 radical (unpaired) electrons. The van der Waals surface area contributed by atoms with Crippen LogP contribution in [0.25, 0.3) is 0 Å². The molecule has 1 amide bonds. The third kappa shape index (κ3) is 3.37. The first-order valence-corrected chi connectivity index (χ1v) is 9.88. The van der Waals surface area contributed by atoms with Crippen molar-refractivity contribution in [3.05, 3.63) is 42.0 Å². The molecule has 2 saturated heterocycles. The van der Waals surface area contributed by atoms with E-state index in [-0.39, 0.29) is 6.10 Å². The standard InChI is InChI=1S/C18H18FN5O2S/c19-16-9-13(1-2-15(16)18(12-20)3-7-27-8-4-18)24-11-14(26-17(24)25)10-23-6-5-21-22-23/h1-2,5-6,9,14H,3-4,7-8,10-11H2/t14-/m0/s1. The van der Waals surface area contributed by atoms with Crippen LogP contribution in [-0.4, -0.2) is 45.2 Å². The summed E-state index contributed by atoms with van der Waals surface area (Å²) in [6.45, 7) is 0.690. The lowest BCUT2D eigenvalue weighted by Gasteiger charge is -2.31. The SMILES string of the molecule is N#CC1(c2ccc(N3C[C@H](Cn4ccnn4)OC3=O)cc2F)CCSCC1. The van der Waals surface area contributed by atoms with Crippen LogP contribution in [0.5, 0.6) is 0 Å². The zero-order valence-corrected chi connectivity index (χ0v) is 15.4. The molecule has 0 bridgehead atoms. The maximum atomic E-state index is 14.9. The van der Waals surface area contributed by atoms with Crippen molar-refractivity contribution in [2.45, 2.75) is 30.9 Å². The van der Waals surface area contributed by atoms with E-state index in [4.69, 9.17) is 4.74 Å². The van der Waals surface area contributed by atoms with E-state index < -0.39 is 17.3 Å². The predicted octanol–water partition coefficient (Wildman–Crippen LogP) is 2.73. The highest BCUT2D eigenvalue weighted by Crippen LogP contribution is 2.40. The third-order valence-corrected chi connectivity index (χ3v) is 6.06. The van der Waals surface area contributed by atoms with E-state index in [0.29, 0.717) is 37.2 Å². The largest absolute Gasteiger partial charge is 0.442 e. The Labute approximate surface area is 160 Å². The van der Waals surface area contributed by atoms with Gasteiger partial charge >= 0.3 is 6.09 Å². The van der Waals surface area contributed by atoms with Crippen molar-refractivity contribution in [2.75, 3.05) is 23.0 Å². The Balaban J connectivity index is 1.54. The lowest BCUT2D eigenvalue weighted by atomic mass is 9.76. The van der Waals surface area contributed by atoms with Crippen LogP contribution in [0.4, 0.5) is 14.9 Å². The summed E-state index contributed by atoms with van der Waals surface area (Å²) in [5.74, 6) is 1.24. The Morgan fingerprint density at radius 1 is 1.41 bits per heavy atom. The minimum atomic E-state index is -0.783. The van der Waals surface area contributed by atoms with Gasteiger partial charge in [-0.15, -0.1) is 5.10 Å². The Hall–Kier alpha value is -2.60. The highest BCUT2D eigenvalue weighted by molar-refractivity contribution is 7.99. The van der Waals surface area contributed by atoms with E-state index in [1.807, 2.05) is 0 Å². The number of carbonyl (C=O) groups excluding carboxylic acids is 1. The number of nitriles is 1. The molecule has 1 aromatic carbocycles. The molecule has 9 heteroatoms. The van der Waals surface area contributed by atoms with Crippen LogP contribution in [0.2, 0.25) is 0 Å². The van der Waals surface area contributed by atoms with Crippen molar-refractivity contribution < 1.29 is 13.9 Å². The second-order valence-corrected chi connectivity index (χ2v) is 7.94. The van der Waals surface area contributed by atoms with Gasteiger partial charge in [0.1, 0.15) is 11.9 Å². The Morgan fingerprint density at radius 3 is 2.89 bits per heavy atom. The van der Waals surface area contributed by atoms with Crippen molar-refractivity contribution in [2.24, 2.45) is 0 Å². The van der Waals surface area contributed by atoms with Gasteiger partial charge < -0.3 is 4.74 Å². The third-order valence-electron chi connectivity index (χ3n) is 5.08. The summed E-state index contributed by atoms with van der Waals surface area (Å²) in [6, 6.07) is 6.99. The summed E-state index contributed by atoms with van der Waals surface area (Å²) in [5, 5.41) is 17.3. The number of aromatic nitrogens is 3. The lowest BCUT2D eigenvalue weighted by Crippen LogP contribution is -2.31. The van der Waals surface area contributed by atoms with Crippen molar-refractivity contribution in [3.63, 3.8) is 0 Å². The molecule has 2 aliphatic rings. The van der Waals surface area contributed by atoms with E-state index in [1.165, 1.54) is 11.0 Å². The number of halogens is 1. The normalized spacial score (nSPS) is 21.7. The van der Waals surface area contributed by atoms with Gasteiger partial charge in [-0.2, -0.15) is 17.0 Å².